The number of benzene rings is 1. The van der Waals surface area contributed by atoms with Crippen LogP contribution in [-0.2, 0) is 10.7 Å². The molecule has 2 nitrogen and oxygen atoms in total. The van der Waals surface area contributed by atoms with E-state index in [1.807, 2.05) is 0 Å². The van der Waals surface area contributed by atoms with Crippen LogP contribution in [0.25, 0.3) is 0 Å². The van der Waals surface area contributed by atoms with Gasteiger partial charge in [-0.05, 0) is 18.2 Å². The maximum atomic E-state index is 12.1. The van der Waals surface area contributed by atoms with Crippen molar-refractivity contribution in [3.05, 3.63) is 29.8 Å². The second kappa shape index (κ2) is 6.99. The topological polar surface area (TPSA) is 29.1 Å². The summed E-state index contributed by atoms with van der Waals surface area (Å²) in [6.45, 7) is 0. The minimum absolute atomic E-state index is 0. The third kappa shape index (κ3) is 5.30. The highest BCUT2D eigenvalue weighted by atomic mass is 35.5. The molecule has 1 N–H and O–H groups in total. The SMILES string of the molecule is Cl.Cl.O=[PH2]Nc1cccc(C(F)(F)F)c1. The third-order valence-electron chi connectivity index (χ3n) is 1.42. The van der Waals surface area contributed by atoms with Crippen LogP contribution in [0.5, 0.6) is 0 Å². The molecule has 1 aromatic carbocycles. The highest BCUT2D eigenvalue weighted by Gasteiger charge is 2.30. The average Bonchev–Trinajstić information content (AvgIpc) is 2.04. The van der Waals surface area contributed by atoms with Crippen LogP contribution in [0.4, 0.5) is 18.9 Å². The van der Waals surface area contributed by atoms with Gasteiger partial charge >= 0.3 is 6.18 Å². The molecule has 0 aliphatic rings. The van der Waals surface area contributed by atoms with E-state index in [0.717, 1.165) is 12.1 Å². The molecule has 0 saturated carbocycles. The molecule has 1 rings (SSSR count). The van der Waals surface area contributed by atoms with Gasteiger partial charge < -0.3 is 9.65 Å². The number of rotatable bonds is 2. The van der Waals surface area contributed by atoms with Gasteiger partial charge in [0.1, 0.15) is 8.61 Å². The van der Waals surface area contributed by atoms with Crippen LogP contribution >= 0.6 is 33.4 Å². The number of alkyl halides is 3. The first-order valence-corrected chi connectivity index (χ1v) is 4.46. The predicted octanol–water partition coefficient (Wildman–Crippen LogP) is 3.63. The maximum Gasteiger partial charge on any atom is 0.416 e. The summed E-state index contributed by atoms with van der Waals surface area (Å²) in [6, 6.07) is 4.58. The van der Waals surface area contributed by atoms with E-state index in [9.17, 15) is 17.7 Å². The average molecular weight is 282 g/mol. The lowest BCUT2D eigenvalue weighted by atomic mass is 10.2. The van der Waals surface area contributed by atoms with Crippen LogP contribution in [0, 0.1) is 0 Å². The summed E-state index contributed by atoms with van der Waals surface area (Å²) in [5.41, 5.74) is -0.523. The van der Waals surface area contributed by atoms with Crippen LogP contribution in [0.15, 0.2) is 24.3 Å². The zero-order valence-corrected chi connectivity index (χ0v) is 10.0. The first-order valence-electron chi connectivity index (χ1n) is 3.41. The van der Waals surface area contributed by atoms with Crippen LogP contribution < -0.4 is 5.09 Å². The van der Waals surface area contributed by atoms with Gasteiger partial charge in [0.2, 0.25) is 0 Å². The van der Waals surface area contributed by atoms with Gasteiger partial charge in [0.25, 0.3) is 0 Å². The molecule has 0 aromatic heterocycles. The first-order chi connectivity index (χ1) is 6.04. The minimum atomic E-state index is -4.35. The van der Waals surface area contributed by atoms with E-state index in [0.29, 0.717) is 0 Å². The highest BCUT2D eigenvalue weighted by molar-refractivity contribution is 7.25. The molecule has 0 aliphatic carbocycles. The van der Waals surface area contributed by atoms with Crippen molar-refractivity contribution in [3.8, 4) is 0 Å². The summed E-state index contributed by atoms with van der Waals surface area (Å²) >= 11 is 0. The van der Waals surface area contributed by atoms with Gasteiger partial charge in [-0.25, -0.2) is 0 Å². The van der Waals surface area contributed by atoms with Crippen molar-refractivity contribution < 1.29 is 17.7 Å². The van der Waals surface area contributed by atoms with Crippen molar-refractivity contribution in [1.82, 2.24) is 0 Å². The Kier molecular flexibility index (Phi) is 7.93. The van der Waals surface area contributed by atoms with Crippen LogP contribution in [0.1, 0.15) is 5.56 Å². The smallest absolute Gasteiger partial charge is 0.340 e. The maximum absolute atomic E-state index is 12.1. The Morgan fingerprint density at radius 1 is 1.20 bits per heavy atom. The Labute approximate surface area is 98.3 Å². The lowest BCUT2D eigenvalue weighted by Gasteiger charge is -2.07. The molecule has 1 aromatic rings. The molecule has 0 bridgehead atoms. The Morgan fingerprint density at radius 3 is 2.27 bits per heavy atom. The monoisotopic (exact) mass is 281 g/mol. The van der Waals surface area contributed by atoms with Crippen molar-refractivity contribution in [2.24, 2.45) is 0 Å². The molecule has 0 aliphatic heterocycles. The molecule has 0 saturated heterocycles. The van der Waals surface area contributed by atoms with Gasteiger partial charge in [-0.15, -0.1) is 24.8 Å². The minimum Gasteiger partial charge on any atom is -0.340 e. The lowest BCUT2D eigenvalue weighted by molar-refractivity contribution is -0.137. The van der Waals surface area contributed by atoms with Gasteiger partial charge in [0.05, 0.1) is 5.56 Å². The van der Waals surface area contributed by atoms with E-state index >= 15 is 0 Å². The molecule has 8 heteroatoms. The predicted molar refractivity (Wildman–Crippen MR) is 60.0 cm³/mol. The molecule has 0 fully saturated rings. The summed E-state index contributed by atoms with van der Waals surface area (Å²) < 4.78 is 46.5. The van der Waals surface area contributed by atoms with Gasteiger partial charge in [0.15, 0.2) is 0 Å². The molecule has 1 atom stereocenters. The number of hydrogen-bond donors (Lipinski definition) is 1. The summed E-state index contributed by atoms with van der Waals surface area (Å²) in [6.07, 6.45) is -4.35. The van der Waals surface area contributed by atoms with Gasteiger partial charge in [-0.2, -0.15) is 13.2 Å². The normalized spacial score (nSPS) is 10.6. The number of anilines is 1. The van der Waals surface area contributed by atoms with Gasteiger partial charge in [-0.3, -0.25) is 0 Å². The van der Waals surface area contributed by atoms with Crippen LogP contribution in [-0.4, -0.2) is 0 Å². The number of hydrogen-bond acceptors (Lipinski definition) is 1. The fourth-order valence-corrected chi connectivity index (χ4v) is 1.17. The largest absolute Gasteiger partial charge is 0.416 e. The quantitative estimate of drug-likeness (QED) is 0.839. The summed E-state index contributed by atoms with van der Waals surface area (Å²) in [5, 5.41) is 2.35. The lowest BCUT2D eigenvalue weighted by Crippen LogP contribution is -2.04. The molecule has 15 heavy (non-hydrogen) atoms. The molecular formula is C7H9Cl2F3NOP. The fraction of sp³-hybridized carbons (Fsp3) is 0.143. The van der Waals surface area contributed by atoms with E-state index in [-0.39, 0.29) is 30.5 Å². The molecule has 0 radical (unpaired) electrons. The number of nitrogens with one attached hydrogen (secondary N) is 1. The molecular weight excluding hydrogens is 273 g/mol. The standard InChI is InChI=1S/C7H7F3NOP.2ClH/c8-7(9,10)5-2-1-3-6(4-5)11-13-12;;/h1-4H,13H2,(H,11,12);2*1H. The Morgan fingerprint density at radius 2 is 1.80 bits per heavy atom. The van der Waals surface area contributed by atoms with Crippen molar-refractivity contribution in [1.29, 1.82) is 0 Å². The van der Waals surface area contributed by atoms with Gasteiger partial charge in [0, 0.05) is 5.69 Å². The van der Waals surface area contributed by atoms with E-state index in [4.69, 9.17) is 0 Å². The zero-order valence-electron chi connectivity index (χ0n) is 7.25. The van der Waals surface area contributed by atoms with Crippen molar-refractivity contribution in [2.45, 2.75) is 6.18 Å². The number of halogens is 5. The Bertz CT molecular complexity index is 321. The molecule has 0 spiro atoms. The van der Waals surface area contributed by atoms with Crippen LogP contribution in [0.2, 0.25) is 0 Å². The Hall–Kier alpha value is -0.380. The van der Waals surface area contributed by atoms with Crippen molar-refractivity contribution in [2.75, 3.05) is 5.09 Å². The van der Waals surface area contributed by atoms with Crippen molar-refractivity contribution >= 4 is 39.1 Å². The second-order valence-corrected chi connectivity index (χ2v) is 2.87. The molecule has 0 heterocycles. The summed E-state index contributed by atoms with van der Waals surface area (Å²) in [7, 11) is -1.28. The van der Waals surface area contributed by atoms with Gasteiger partial charge in [-0.1, -0.05) is 6.07 Å². The second-order valence-electron chi connectivity index (χ2n) is 2.34. The van der Waals surface area contributed by atoms with E-state index < -0.39 is 20.4 Å². The first kappa shape index (κ1) is 17.0. The molecule has 0 amide bonds. The molecule has 1 unspecified atom stereocenters. The summed E-state index contributed by atoms with van der Waals surface area (Å²) in [4.78, 5) is 0. The van der Waals surface area contributed by atoms with Crippen LogP contribution in [0.3, 0.4) is 0 Å². The fourth-order valence-electron chi connectivity index (χ4n) is 0.853. The van der Waals surface area contributed by atoms with E-state index in [1.54, 1.807) is 0 Å². The third-order valence-corrected chi connectivity index (χ3v) is 1.87. The molecule has 88 valence electrons. The Balaban J connectivity index is 0. The van der Waals surface area contributed by atoms with Crippen molar-refractivity contribution in [3.63, 3.8) is 0 Å². The van der Waals surface area contributed by atoms with E-state index in [2.05, 4.69) is 5.09 Å². The highest BCUT2D eigenvalue weighted by Crippen LogP contribution is 2.30. The van der Waals surface area contributed by atoms with E-state index in [1.165, 1.54) is 12.1 Å². The zero-order chi connectivity index (χ0) is 9.90. The summed E-state index contributed by atoms with van der Waals surface area (Å²) in [5.74, 6) is 0.